The lowest BCUT2D eigenvalue weighted by Crippen LogP contribution is -2.55. The number of carboxylic acids is 1. The van der Waals surface area contributed by atoms with Gasteiger partial charge in [0.1, 0.15) is 11.6 Å². The number of hydrogen-bond donors (Lipinski definition) is 2. The van der Waals surface area contributed by atoms with Gasteiger partial charge in [0.05, 0.1) is 0 Å². The van der Waals surface area contributed by atoms with Gasteiger partial charge in [0.25, 0.3) is 0 Å². The predicted molar refractivity (Wildman–Crippen MR) is 99.4 cm³/mol. The van der Waals surface area contributed by atoms with Crippen molar-refractivity contribution in [3.05, 3.63) is 33.8 Å². The van der Waals surface area contributed by atoms with Gasteiger partial charge in [0.2, 0.25) is 0 Å². The highest BCUT2D eigenvalue weighted by molar-refractivity contribution is 6.36. The number of carbonyl (C=O) groups is 2. The van der Waals surface area contributed by atoms with E-state index in [1.807, 2.05) is 20.8 Å². The SMILES string of the molecule is CC(C)(C)OC(=O)N1CCN(NC(C(=O)O)c2c(Cl)cccc2Cl)CC1. The Morgan fingerprint density at radius 1 is 1.15 bits per heavy atom. The summed E-state index contributed by atoms with van der Waals surface area (Å²) in [6, 6.07) is 3.78. The standard InChI is InChI=1S/C17H23Cl2N3O4/c1-17(2,3)26-16(25)21-7-9-22(10-8-21)20-14(15(23)24)13-11(18)5-4-6-12(13)19/h4-6,14,20H,7-10H2,1-3H3,(H,23,24). The Morgan fingerprint density at radius 2 is 1.69 bits per heavy atom. The molecule has 144 valence electrons. The second-order valence-electron chi connectivity index (χ2n) is 6.99. The lowest BCUT2D eigenvalue weighted by atomic mass is 10.1. The van der Waals surface area contributed by atoms with Crippen LogP contribution in [0, 0.1) is 0 Å². The van der Waals surface area contributed by atoms with E-state index in [1.54, 1.807) is 28.1 Å². The third-order valence-electron chi connectivity index (χ3n) is 3.78. The van der Waals surface area contributed by atoms with Crippen LogP contribution in [0.1, 0.15) is 32.4 Å². The van der Waals surface area contributed by atoms with Gasteiger partial charge in [-0.2, -0.15) is 0 Å². The molecule has 26 heavy (non-hydrogen) atoms. The molecule has 1 saturated heterocycles. The van der Waals surface area contributed by atoms with E-state index >= 15 is 0 Å². The Bertz CT molecular complexity index is 650. The van der Waals surface area contributed by atoms with Crippen LogP contribution in [0.25, 0.3) is 0 Å². The molecule has 2 N–H and O–H groups in total. The number of carbonyl (C=O) groups excluding carboxylic acids is 1. The van der Waals surface area contributed by atoms with Crippen LogP contribution in [0.2, 0.25) is 10.0 Å². The molecule has 0 saturated carbocycles. The number of rotatable bonds is 4. The van der Waals surface area contributed by atoms with Gasteiger partial charge in [-0.1, -0.05) is 29.3 Å². The zero-order chi connectivity index (χ0) is 19.5. The van der Waals surface area contributed by atoms with Gasteiger partial charge in [-0.05, 0) is 32.9 Å². The summed E-state index contributed by atoms with van der Waals surface area (Å²) in [5.74, 6) is -1.09. The Hall–Kier alpha value is -1.54. The van der Waals surface area contributed by atoms with Crippen molar-refractivity contribution >= 4 is 35.3 Å². The minimum absolute atomic E-state index is 0.282. The van der Waals surface area contributed by atoms with Crippen LogP contribution in [-0.2, 0) is 9.53 Å². The van der Waals surface area contributed by atoms with E-state index in [0.29, 0.717) is 31.7 Å². The summed E-state index contributed by atoms with van der Waals surface area (Å²) < 4.78 is 5.35. The Labute approximate surface area is 162 Å². The third-order valence-corrected chi connectivity index (χ3v) is 4.44. The summed E-state index contributed by atoms with van der Waals surface area (Å²) in [5.41, 5.74) is 2.71. The normalized spacial score (nSPS) is 17.0. The summed E-state index contributed by atoms with van der Waals surface area (Å²) in [5, 5.41) is 11.9. The minimum atomic E-state index is -1.09. The Kier molecular flexibility index (Phi) is 6.74. The highest BCUT2D eigenvalue weighted by Crippen LogP contribution is 2.30. The van der Waals surface area contributed by atoms with Crippen LogP contribution in [0.3, 0.4) is 0 Å². The van der Waals surface area contributed by atoms with E-state index in [0.717, 1.165) is 0 Å². The monoisotopic (exact) mass is 403 g/mol. The fraction of sp³-hybridized carbons (Fsp3) is 0.529. The molecule has 0 spiro atoms. The summed E-state index contributed by atoms with van der Waals surface area (Å²) in [6.45, 7) is 7.18. The van der Waals surface area contributed by atoms with Gasteiger partial charge in [0, 0.05) is 41.8 Å². The zero-order valence-corrected chi connectivity index (χ0v) is 16.5. The molecule has 2 rings (SSSR count). The van der Waals surface area contributed by atoms with Crippen molar-refractivity contribution in [2.75, 3.05) is 26.2 Å². The Balaban J connectivity index is 2.00. The lowest BCUT2D eigenvalue weighted by molar-refractivity contribution is -0.141. The van der Waals surface area contributed by atoms with E-state index in [4.69, 9.17) is 27.9 Å². The molecule has 1 aromatic carbocycles. The van der Waals surface area contributed by atoms with Gasteiger partial charge in [-0.15, -0.1) is 0 Å². The predicted octanol–water partition coefficient (Wildman–Crippen LogP) is 3.18. The molecular weight excluding hydrogens is 381 g/mol. The van der Waals surface area contributed by atoms with Crippen molar-refractivity contribution in [1.82, 2.24) is 15.3 Å². The van der Waals surface area contributed by atoms with Crippen molar-refractivity contribution in [1.29, 1.82) is 0 Å². The van der Waals surface area contributed by atoms with Gasteiger partial charge in [-0.3, -0.25) is 4.79 Å². The molecule has 9 heteroatoms. The third kappa shape index (κ3) is 5.48. The maximum Gasteiger partial charge on any atom is 0.410 e. The van der Waals surface area contributed by atoms with Crippen molar-refractivity contribution < 1.29 is 19.4 Å². The summed E-state index contributed by atoms with van der Waals surface area (Å²) in [4.78, 5) is 25.4. The van der Waals surface area contributed by atoms with Gasteiger partial charge < -0.3 is 14.7 Å². The number of amides is 1. The molecule has 0 aromatic heterocycles. The highest BCUT2D eigenvalue weighted by atomic mass is 35.5. The number of ether oxygens (including phenoxy) is 1. The molecule has 1 aromatic rings. The number of hydrogen-bond acceptors (Lipinski definition) is 5. The van der Waals surface area contributed by atoms with Crippen molar-refractivity contribution in [3.63, 3.8) is 0 Å². The first kappa shape index (κ1) is 20.8. The fourth-order valence-electron chi connectivity index (χ4n) is 2.56. The van der Waals surface area contributed by atoms with E-state index in [2.05, 4.69) is 5.43 Å². The molecule has 1 unspecified atom stereocenters. The molecule has 1 fully saturated rings. The number of benzene rings is 1. The first-order valence-corrected chi connectivity index (χ1v) is 9.00. The molecule has 1 atom stereocenters. The first-order valence-electron chi connectivity index (χ1n) is 8.24. The summed E-state index contributed by atoms with van der Waals surface area (Å²) in [6.07, 6.45) is -0.374. The lowest BCUT2D eigenvalue weighted by Gasteiger charge is -2.37. The molecule has 0 bridgehead atoms. The molecule has 1 aliphatic rings. The molecule has 0 aliphatic carbocycles. The highest BCUT2D eigenvalue weighted by Gasteiger charge is 2.30. The molecule has 7 nitrogen and oxygen atoms in total. The number of carboxylic acid groups (broad SMARTS) is 1. The van der Waals surface area contributed by atoms with E-state index < -0.39 is 17.6 Å². The number of aliphatic carboxylic acids is 1. The zero-order valence-electron chi connectivity index (χ0n) is 15.0. The van der Waals surface area contributed by atoms with Gasteiger partial charge in [-0.25, -0.2) is 15.2 Å². The number of nitrogens with zero attached hydrogens (tertiary/aromatic N) is 2. The summed E-state index contributed by atoms with van der Waals surface area (Å²) >= 11 is 12.3. The van der Waals surface area contributed by atoms with Crippen LogP contribution in [-0.4, -0.2) is 58.9 Å². The first-order chi connectivity index (χ1) is 12.1. The van der Waals surface area contributed by atoms with Gasteiger partial charge >= 0.3 is 12.1 Å². The van der Waals surface area contributed by atoms with Crippen LogP contribution in [0.5, 0.6) is 0 Å². The van der Waals surface area contributed by atoms with Gasteiger partial charge in [0.15, 0.2) is 0 Å². The van der Waals surface area contributed by atoms with Crippen LogP contribution in [0.15, 0.2) is 18.2 Å². The molecule has 1 aliphatic heterocycles. The molecule has 1 amide bonds. The average Bonchev–Trinajstić information content (AvgIpc) is 2.52. The fourth-order valence-corrected chi connectivity index (χ4v) is 3.17. The van der Waals surface area contributed by atoms with Crippen molar-refractivity contribution in [2.45, 2.75) is 32.4 Å². The Morgan fingerprint density at radius 3 is 2.15 bits per heavy atom. The maximum atomic E-state index is 12.1. The number of halogens is 2. The maximum absolute atomic E-state index is 12.1. The van der Waals surface area contributed by atoms with E-state index in [1.165, 1.54) is 0 Å². The number of piperazine rings is 1. The van der Waals surface area contributed by atoms with Crippen molar-refractivity contribution in [2.24, 2.45) is 0 Å². The minimum Gasteiger partial charge on any atom is -0.480 e. The van der Waals surface area contributed by atoms with Crippen LogP contribution < -0.4 is 5.43 Å². The number of hydrazine groups is 1. The number of nitrogens with one attached hydrogen (secondary N) is 1. The summed E-state index contributed by atoms with van der Waals surface area (Å²) in [7, 11) is 0. The molecule has 0 radical (unpaired) electrons. The second-order valence-corrected chi connectivity index (χ2v) is 7.80. The smallest absolute Gasteiger partial charge is 0.410 e. The van der Waals surface area contributed by atoms with E-state index in [9.17, 15) is 14.7 Å². The van der Waals surface area contributed by atoms with E-state index in [-0.39, 0.29) is 16.1 Å². The van der Waals surface area contributed by atoms with Crippen LogP contribution in [0.4, 0.5) is 4.79 Å². The van der Waals surface area contributed by atoms with Crippen LogP contribution >= 0.6 is 23.2 Å². The quantitative estimate of drug-likeness (QED) is 0.802. The van der Waals surface area contributed by atoms with Crippen molar-refractivity contribution in [3.8, 4) is 0 Å². The average molecular weight is 404 g/mol. The topological polar surface area (TPSA) is 82.1 Å². The largest absolute Gasteiger partial charge is 0.480 e. The molecule has 1 heterocycles. The second kappa shape index (κ2) is 8.43. The molecular formula is C17H23Cl2N3O4.